The number of carbonyl (C=O) groups is 3. The number of carboxylic acids is 1. The number of aliphatic carboxylic acids is 1. The fourth-order valence-electron chi connectivity index (χ4n) is 3.21. The van der Waals surface area contributed by atoms with Gasteiger partial charge in [0.25, 0.3) is 0 Å². The number of hydrogen-bond acceptors (Lipinski definition) is 6. The predicted molar refractivity (Wildman–Crippen MR) is 188 cm³/mol. The molecule has 0 saturated carbocycles. The molecule has 0 radical (unpaired) electrons. The molecular weight excluding hydrogens is 636 g/mol. The minimum absolute atomic E-state index is 0.00618. The van der Waals surface area contributed by atoms with Crippen molar-refractivity contribution >= 4 is 44.6 Å². The van der Waals surface area contributed by atoms with Crippen LogP contribution in [0.4, 0.5) is 0 Å². The van der Waals surface area contributed by atoms with Gasteiger partial charge in [0.1, 0.15) is 5.75 Å². The van der Waals surface area contributed by atoms with E-state index in [0.717, 1.165) is 48.7 Å². The van der Waals surface area contributed by atoms with Crippen molar-refractivity contribution in [2.75, 3.05) is 13.2 Å². The molecule has 45 heavy (non-hydrogen) atoms. The zero-order chi connectivity index (χ0) is 34.8. The van der Waals surface area contributed by atoms with Crippen LogP contribution in [0.5, 0.6) is 5.75 Å². The highest BCUT2D eigenvalue weighted by Gasteiger charge is 2.28. The molecule has 0 amide bonds. The number of unbranched alkanes of at least 4 members (excludes halogenated alkanes) is 3. The summed E-state index contributed by atoms with van der Waals surface area (Å²) >= 11 is 3.49. The number of esters is 2. The zero-order valence-electron chi connectivity index (χ0n) is 29.7. The largest absolute Gasteiger partial charge is 0.494 e. The fraction of sp³-hybridized carbons (Fsp3) is 0.649. The lowest BCUT2D eigenvalue weighted by atomic mass is 9.91. The van der Waals surface area contributed by atoms with Gasteiger partial charge >= 0.3 is 17.9 Å². The van der Waals surface area contributed by atoms with Gasteiger partial charge in [-0.15, -0.1) is 0 Å². The molecule has 0 spiro atoms. The second kappa shape index (κ2) is 20.5. The van der Waals surface area contributed by atoms with Crippen molar-refractivity contribution in [2.24, 2.45) is 16.2 Å². The highest BCUT2D eigenvalue weighted by atomic mass is 79.9. The molecule has 0 heterocycles. The lowest BCUT2D eigenvalue weighted by Gasteiger charge is -2.21. The molecule has 256 valence electrons. The van der Waals surface area contributed by atoms with Crippen molar-refractivity contribution in [3.63, 3.8) is 0 Å². The lowest BCUT2D eigenvalue weighted by molar-refractivity contribution is -0.158. The van der Waals surface area contributed by atoms with Gasteiger partial charge in [-0.2, -0.15) is 0 Å². The lowest BCUT2D eigenvalue weighted by Crippen LogP contribution is -2.28. The quantitative estimate of drug-likeness (QED) is 0.146. The number of carbonyl (C=O) groups excluding carboxylic acids is 2. The number of fused-ring (bicyclic) bond motifs is 1. The number of rotatable bonds is 15. The van der Waals surface area contributed by atoms with Crippen LogP contribution in [0.3, 0.4) is 0 Å². The normalized spacial score (nSPS) is 11.6. The minimum Gasteiger partial charge on any atom is -0.494 e. The van der Waals surface area contributed by atoms with Gasteiger partial charge in [-0.05, 0) is 135 Å². The van der Waals surface area contributed by atoms with Crippen molar-refractivity contribution < 1.29 is 33.7 Å². The van der Waals surface area contributed by atoms with Crippen LogP contribution in [0.15, 0.2) is 40.9 Å². The summed E-state index contributed by atoms with van der Waals surface area (Å²) in [4.78, 5) is 33.4. The highest BCUT2D eigenvalue weighted by molar-refractivity contribution is 9.10. The fourth-order valence-corrected chi connectivity index (χ4v) is 3.58. The SMILES string of the molecule is CCC(C)(C)C(=O)O.CCC(C)(C)C(=O)OC(C)C.CCC(C)(C)C(=O)OCCCCCCOc1ccc2cc(Br)ccc2c1. The number of ether oxygens (including phenoxy) is 3. The molecule has 1 N–H and O–H groups in total. The summed E-state index contributed by atoms with van der Waals surface area (Å²) < 4.78 is 17.4. The Bertz CT molecular complexity index is 1180. The summed E-state index contributed by atoms with van der Waals surface area (Å²) in [5.74, 6) is -0.00258. The van der Waals surface area contributed by atoms with E-state index in [0.29, 0.717) is 19.6 Å². The van der Waals surface area contributed by atoms with E-state index in [9.17, 15) is 14.4 Å². The molecule has 8 heteroatoms. The van der Waals surface area contributed by atoms with Crippen molar-refractivity contribution in [2.45, 2.75) is 127 Å². The van der Waals surface area contributed by atoms with Gasteiger partial charge < -0.3 is 19.3 Å². The molecule has 0 bridgehead atoms. The number of halogens is 1. The van der Waals surface area contributed by atoms with Crippen LogP contribution in [0.2, 0.25) is 0 Å². The molecule has 0 aromatic heterocycles. The van der Waals surface area contributed by atoms with Crippen LogP contribution in [0, 0.1) is 16.2 Å². The van der Waals surface area contributed by atoms with Crippen LogP contribution in [-0.4, -0.2) is 42.3 Å². The van der Waals surface area contributed by atoms with Gasteiger partial charge in [-0.25, -0.2) is 0 Å². The van der Waals surface area contributed by atoms with Gasteiger partial charge in [0, 0.05) is 4.47 Å². The first kappa shape index (κ1) is 42.4. The average Bonchev–Trinajstić information content (AvgIpc) is 2.98. The molecular formula is C37H59BrO7. The van der Waals surface area contributed by atoms with E-state index >= 15 is 0 Å². The van der Waals surface area contributed by atoms with Gasteiger partial charge in [0.05, 0.1) is 35.6 Å². The molecule has 0 aliphatic rings. The smallest absolute Gasteiger partial charge is 0.311 e. The van der Waals surface area contributed by atoms with Crippen LogP contribution in [0.25, 0.3) is 10.8 Å². The summed E-state index contributed by atoms with van der Waals surface area (Å²) in [6.45, 7) is 21.9. The summed E-state index contributed by atoms with van der Waals surface area (Å²) in [5.41, 5.74) is -1.24. The molecule has 2 rings (SSSR count). The summed E-state index contributed by atoms with van der Waals surface area (Å²) in [6.07, 6.45) is 6.34. The second-order valence-electron chi connectivity index (χ2n) is 13.5. The summed E-state index contributed by atoms with van der Waals surface area (Å²) in [7, 11) is 0. The Morgan fingerprint density at radius 1 is 0.711 bits per heavy atom. The van der Waals surface area contributed by atoms with Crippen molar-refractivity contribution in [3.05, 3.63) is 40.9 Å². The number of hydrogen-bond donors (Lipinski definition) is 1. The monoisotopic (exact) mass is 694 g/mol. The number of carboxylic acid groups (broad SMARTS) is 1. The van der Waals surface area contributed by atoms with E-state index in [1.807, 2.05) is 74.4 Å². The highest BCUT2D eigenvalue weighted by Crippen LogP contribution is 2.25. The Labute approximate surface area is 280 Å². The van der Waals surface area contributed by atoms with Gasteiger partial charge in [-0.3, -0.25) is 14.4 Å². The van der Waals surface area contributed by atoms with Crippen LogP contribution in [0.1, 0.15) is 121 Å². The molecule has 0 unspecified atom stereocenters. The number of benzene rings is 2. The van der Waals surface area contributed by atoms with Crippen LogP contribution in [-0.2, 0) is 23.9 Å². The Balaban J connectivity index is 0.000000838. The second-order valence-corrected chi connectivity index (χ2v) is 14.4. The molecule has 2 aromatic rings. The van der Waals surface area contributed by atoms with Gasteiger partial charge in [0.2, 0.25) is 0 Å². The van der Waals surface area contributed by atoms with Crippen molar-refractivity contribution in [1.29, 1.82) is 0 Å². The van der Waals surface area contributed by atoms with E-state index < -0.39 is 11.4 Å². The van der Waals surface area contributed by atoms with Crippen LogP contribution >= 0.6 is 15.9 Å². The third-order valence-electron chi connectivity index (χ3n) is 7.99. The minimum atomic E-state index is -0.722. The molecule has 0 atom stereocenters. The van der Waals surface area contributed by atoms with E-state index in [4.69, 9.17) is 19.3 Å². The van der Waals surface area contributed by atoms with E-state index in [1.54, 1.807) is 13.8 Å². The molecule has 0 fully saturated rings. The van der Waals surface area contributed by atoms with E-state index in [2.05, 4.69) is 40.2 Å². The van der Waals surface area contributed by atoms with E-state index in [-0.39, 0.29) is 28.9 Å². The first-order chi connectivity index (χ1) is 20.8. The predicted octanol–water partition coefficient (Wildman–Crippen LogP) is 10.4. The van der Waals surface area contributed by atoms with Gasteiger partial charge in [-0.1, -0.05) is 48.8 Å². The van der Waals surface area contributed by atoms with Gasteiger partial charge in [0.15, 0.2) is 0 Å². The maximum Gasteiger partial charge on any atom is 0.311 e. The Morgan fingerprint density at radius 2 is 1.20 bits per heavy atom. The van der Waals surface area contributed by atoms with E-state index in [1.165, 1.54) is 10.8 Å². The van der Waals surface area contributed by atoms with Crippen molar-refractivity contribution in [3.8, 4) is 5.75 Å². The maximum absolute atomic E-state index is 11.9. The summed E-state index contributed by atoms with van der Waals surface area (Å²) in [5, 5.41) is 10.8. The van der Waals surface area contributed by atoms with Crippen LogP contribution < -0.4 is 4.74 Å². The standard InChI is InChI=1S/C22H29BrO3.C9H18O2.C6H12O2/c1-4-22(2,3)21(24)26-14-8-6-5-7-13-25-20-12-10-17-15-19(23)11-9-18(17)16-20;1-6-9(4,5)8(10)11-7(2)3;1-4-6(2,3)5(7)8/h9-12,15-16H,4-8,13-14H2,1-3H3;7H,6H2,1-5H3;4H2,1-3H3,(H,7,8). The summed E-state index contributed by atoms with van der Waals surface area (Å²) in [6, 6.07) is 12.4. The molecule has 0 saturated heterocycles. The molecule has 0 aliphatic heterocycles. The maximum atomic E-state index is 11.9. The molecule has 0 aliphatic carbocycles. The molecule has 2 aromatic carbocycles. The third kappa shape index (κ3) is 17.0. The third-order valence-corrected chi connectivity index (χ3v) is 8.49. The molecule has 7 nitrogen and oxygen atoms in total. The Morgan fingerprint density at radius 3 is 1.69 bits per heavy atom. The average molecular weight is 696 g/mol. The van der Waals surface area contributed by atoms with Crippen molar-refractivity contribution in [1.82, 2.24) is 0 Å². The zero-order valence-corrected chi connectivity index (χ0v) is 31.3. The first-order valence-electron chi connectivity index (χ1n) is 16.3. The Hall–Kier alpha value is -2.61. The first-order valence-corrected chi connectivity index (χ1v) is 17.1. The Kier molecular flexibility index (Phi) is 19.3. The topological polar surface area (TPSA) is 99.1 Å².